The van der Waals surface area contributed by atoms with E-state index in [1.807, 2.05) is 43.3 Å². The summed E-state index contributed by atoms with van der Waals surface area (Å²) in [5, 5.41) is 0.583. The number of benzene rings is 2. The van der Waals surface area contributed by atoms with Crippen LogP contribution in [0.4, 0.5) is 5.69 Å². The molecular formula is C20H16ClNO3. The molecule has 0 aliphatic carbocycles. The summed E-state index contributed by atoms with van der Waals surface area (Å²) < 4.78 is 5.27. The van der Waals surface area contributed by atoms with Crippen molar-refractivity contribution in [1.82, 2.24) is 0 Å². The first-order valence-corrected chi connectivity index (χ1v) is 8.47. The van der Waals surface area contributed by atoms with Gasteiger partial charge >= 0.3 is 5.97 Å². The van der Waals surface area contributed by atoms with Gasteiger partial charge in [0.15, 0.2) is 0 Å². The van der Waals surface area contributed by atoms with Crippen molar-refractivity contribution in [3.05, 3.63) is 76.0 Å². The van der Waals surface area contributed by atoms with Crippen LogP contribution in [0.5, 0.6) is 0 Å². The highest BCUT2D eigenvalue weighted by atomic mass is 35.5. The van der Waals surface area contributed by atoms with Gasteiger partial charge in [-0.3, -0.25) is 9.69 Å². The van der Waals surface area contributed by atoms with Gasteiger partial charge in [0.2, 0.25) is 5.91 Å². The van der Waals surface area contributed by atoms with E-state index < -0.39 is 0 Å². The highest BCUT2D eigenvalue weighted by Crippen LogP contribution is 2.42. The fourth-order valence-electron chi connectivity index (χ4n) is 3.53. The average molecular weight is 354 g/mol. The first-order valence-electron chi connectivity index (χ1n) is 8.10. The van der Waals surface area contributed by atoms with Gasteiger partial charge in [-0.05, 0) is 42.3 Å². The number of halogens is 1. The van der Waals surface area contributed by atoms with Crippen molar-refractivity contribution in [2.75, 3.05) is 11.5 Å². The maximum Gasteiger partial charge on any atom is 0.336 e. The summed E-state index contributed by atoms with van der Waals surface area (Å²) in [5.74, 6) is -0.727. The Balaban J connectivity index is 1.84. The third kappa shape index (κ3) is 2.72. The topological polar surface area (TPSA) is 46.6 Å². The van der Waals surface area contributed by atoms with Crippen molar-refractivity contribution in [3.63, 3.8) is 0 Å². The molecule has 4 nitrogen and oxygen atoms in total. The summed E-state index contributed by atoms with van der Waals surface area (Å²) in [6.07, 6.45) is 0.211. The molecule has 0 saturated heterocycles. The number of anilines is 1. The Kier molecular flexibility index (Phi) is 3.85. The number of rotatable bonds is 2. The van der Waals surface area contributed by atoms with Crippen LogP contribution >= 0.6 is 11.6 Å². The number of hydrogen-bond donors (Lipinski definition) is 0. The number of ether oxygens (including phenoxy) is 1. The van der Waals surface area contributed by atoms with Crippen LogP contribution in [0.15, 0.2) is 59.8 Å². The van der Waals surface area contributed by atoms with Gasteiger partial charge in [-0.25, -0.2) is 4.79 Å². The minimum atomic E-state index is -0.356. The number of hydrogen-bond acceptors (Lipinski definition) is 3. The molecule has 2 heterocycles. The van der Waals surface area contributed by atoms with E-state index in [0.717, 1.165) is 16.8 Å². The molecule has 1 amide bonds. The smallest absolute Gasteiger partial charge is 0.336 e. The fraction of sp³-hybridized carbons (Fsp3) is 0.200. The van der Waals surface area contributed by atoms with E-state index in [4.69, 9.17) is 16.3 Å². The molecule has 1 unspecified atom stereocenters. The Hall–Kier alpha value is -2.59. The maximum atomic E-state index is 12.9. The Morgan fingerprint density at radius 1 is 1.12 bits per heavy atom. The molecule has 25 heavy (non-hydrogen) atoms. The molecule has 1 atom stereocenters. The van der Waals surface area contributed by atoms with Crippen molar-refractivity contribution < 1.29 is 14.3 Å². The Bertz CT molecular complexity index is 919. The third-order valence-corrected chi connectivity index (χ3v) is 4.86. The van der Waals surface area contributed by atoms with Crippen molar-refractivity contribution >= 4 is 29.2 Å². The molecule has 4 rings (SSSR count). The average Bonchev–Trinajstić information content (AvgIpc) is 2.96. The summed E-state index contributed by atoms with van der Waals surface area (Å²) in [6, 6.07) is 15.0. The Morgan fingerprint density at radius 3 is 2.68 bits per heavy atom. The second-order valence-electron chi connectivity index (χ2n) is 6.32. The van der Waals surface area contributed by atoms with Gasteiger partial charge < -0.3 is 4.74 Å². The molecular weight excluding hydrogens is 338 g/mol. The van der Waals surface area contributed by atoms with Gasteiger partial charge in [-0.15, -0.1) is 0 Å². The lowest BCUT2D eigenvalue weighted by Gasteiger charge is -2.32. The minimum absolute atomic E-state index is 0.0485. The SMILES string of the molecule is Cc1cccc(N2C(=O)CC(c3cccc(Cl)c3)C3=C2COC3=O)c1. The lowest BCUT2D eigenvalue weighted by molar-refractivity contribution is -0.136. The second-order valence-corrected chi connectivity index (χ2v) is 6.75. The molecule has 0 saturated carbocycles. The Morgan fingerprint density at radius 2 is 1.92 bits per heavy atom. The highest BCUT2D eigenvalue weighted by molar-refractivity contribution is 6.30. The van der Waals surface area contributed by atoms with Crippen LogP contribution in [0.3, 0.4) is 0 Å². The monoisotopic (exact) mass is 353 g/mol. The van der Waals surface area contributed by atoms with E-state index >= 15 is 0 Å². The predicted octanol–water partition coefficient (Wildman–Crippen LogP) is 3.98. The molecule has 0 fully saturated rings. The molecule has 2 aromatic rings. The number of carbonyl (C=O) groups is 2. The summed E-state index contributed by atoms with van der Waals surface area (Å²) in [7, 11) is 0. The normalized spacial score (nSPS) is 19.9. The summed E-state index contributed by atoms with van der Waals surface area (Å²) in [5.41, 5.74) is 3.87. The molecule has 5 heteroatoms. The number of carbonyl (C=O) groups excluding carboxylic acids is 2. The molecule has 126 valence electrons. The predicted molar refractivity (Wildman–Crippen MR) is 95.5 cm³/mol. The molecule has 0 spiro atoms. The number of amides is 1. The molecule has 2 aromatic carbocycles. The van der Waals surface area contributed by atoms with E-state index in [1.165, 1.54) is 0 Å². The zero-order valence-electron chi connectivity index (χ0n) is 13.7. The number of nitrogens with zero attached hydrogens (tertiary/aromatic N) is 1. The van der Waals surface area contributed by atoms with E-state index in [0.29, 0.717) is 16.3 Å². The summed E-state index contributed by atoms with van der Waals surface area (Å²) in [4.78, 5) is 26.9. The minimum Gasteiger partial charge on any atom is -0.456 e. The summed E-state index contributed by atoms with van der Waals surface area (Å²) >= 11 is 6.09. The molecule has 2 aliphatic rings. The largest absolute Gasteiger partial charge is 0.456 e. The number of cyclic esters (lactones) is 1. The van der Waals surface area contributed by atoms with Crippen molar-refractivity contribution in [3.8, 4) is 0 Å². The molecule has 0 bridgehead atoms. The number of aryl methyl sites for hydroxylation is 1. The zero-order valence-corrected chi connectivity index (χ0v) is 14.4. The van der Waals surface area contributed by atoms with Crippen molar-refractivity contribution in [1.29, 1.82) is 0 Å². The number of esters is 1. The van der Waals surface area contributed by atoms with Crippen LogP contribution in [0.2, 0.25) is 5.02 Å². The maximum absolute atomic E-state index is 12.9. The second kappa shape index (κ2) is 6.05. The van der Waals surface area contributed by atoms with Gasteiger partial charge in [-0.1, -0.05) is 35.9 Å². The quantitative estimate of drug-likeness (QED) is 0.767. The third-order valence-electron chi connectivity index (χ3n) is 4.63. The van der Waals surface area contributed by atoms with Crippen LogP contribution < -0.4 is 4.90 Å². The van der Waals surface area contributed by atoms with Gasteiger partial charge in [-0.2, -0.15) is 0 Å². The fourth-order valence-corrected chi connectivity index (χ4v) is 3.73. The van der Waals surface area contributed by atoms with Crippen LogP contribution in [0.1, 0.15) is 23.5 Å². The van der Waals surface area contributed by atoms with Crippen LogP contribution in [-0.2, 0) is 14.3 Å². The zero-order chi connectivity index (χ0) is 17.6. The van der Waals surface area contributed by atoms with Gasteiger partial charge in [0.25, 0.3) is 0 Å². The van der Waals surface area contributed by atoms with Crippen LogP contribution in [0.25, 0.3) is 0 Å². The molecule has 2 aliphatic heterocycles. The van der Waals surface area contributed by atoms with E-state index in [9.17, 15) is 9.59 Å². The Labute approximate surface area is 150 Å². The first-order chi connectivity index (χ1) is 12.0. The lowest BCUT2D eigenvalue weighted by Crippen LogP contribution is -2.37. The first kappa shape index (κ1) is 15.9. The van der Waals surface area contributed by atoms with E-state index in [2.05, 4.69) is 0 Å². The standard InChI is InChI=1S/C20H16ClNO3/c1-12-4-2-7-15(8-12)22-17-11-25-20(24)19(17)16(10-18(22)23)13-5-3-6-14(21)9-13/h2-9,16H,10-11H2,1H3. The molecule has 0 radical (unpaired) electrons. The van der Waals surface area contributed by atoms with E-state index in [1.54, 1.807) is 17.0 Å². The van der Waals surface area contributed by atoms with Crippen LogP contribution in [-0.4, -0.2) is 18.5 Å². The van der Waals surface area contributed by atoms with Gasteiger partial charge in [0, 0.05) is 23.0 Å². The van der Waals surface area contributed by atoms with Crippen molar-refractivity contribution in [2.45, 2.75) is 19.3 Å². The van der Waals surface area contributed by atoms with Gasteiger partial charge in [0.1, 0.15) is 6.61 Å². The molecule has 0 aromatic heterocycles. The molecule has 0 N–H and O–H groups in total. The van der Waals surface area contributed by atoms with E-state index in [-0.39, 0.29) is 30.8 Å². The highest BCUT2D eigenvalue weighted by Gasteiger charge is 2.42. The van der Waals surface area contributed by atoms with Gasteiger partial charge in [0.05, 0.1) is 11.3 Å². The summed E-state index contributed by atoms with van der Waals surface area (Å²) in [6.45, 7) is 2.09. The van der Waals surface area contributed by atoms with Crippen LogP contribution in [0, 0.1) is 6.92 Å². The lowest BCUT2D eigenvalue weighted by atomic mass is 9.84. The van der Waals surface area contributed by atoms with Crippen molar-refractivity contribution in [2.24, 2.45) is 0 Å².